The van der Waals surface area contributed by atoms with Crippen LogP contribution in [-0.4, -0.2) is 4.57 Å². The maximum absolute atomic E-state index is 9.44. The standard InChI is InChI=1S/C54H38N2/c1-4-13-39(14-5-1)41-23-25-42(26-24-41)44-29-34-49(35-30-44)55(48-32-27-43(28-33-48)40-15-6-2-7-16-40)50-20-12-17-45(37-50)46-31-36-54-52(38-46)51-21-10-11-22-53(51)56(54)47-18-8-3-9-19-47/h1-38H/i27D,28D,32D,33D. The van der Waals surface area contributed by atoms with Crippen LogP contribution in [0.3, 0.4) is 0 Å². The molecule has 1 aromatic heterocycles. The van der Waals surface area contributed by atoms with Gasteiger partial charge in [0.2, 0.25) is 0 Å². The summed E-state index contributed by atoms with van der Waals surface area (Å²) in [5, 5.41) is 2.30. The number of anilines is 3. The zero-order valence-corrected chi connectivity index (χ0v) is 30.5. The maximum atomic E-state index is 9.44. The number of para-hydroxylation sites is 2. The minimum Gasteiger partial charge on any atom is -0.310 e. The highest BCUT2D eigenvalue weighted by Gasteiger charge is 2.16. The molecule has 0 amide bonds. The zero-order valence-electron chi connectivity index (χ0n) is 34.5. The summed E-state index contributed by atoms with van der Waals surface area (Å²) in [4.78, 5) is 1.86. The van der Waals surface area contributed by atoms with Gasteiger partial charge >= 0.3 is 0 Å². The van der Waals surface area contributed by atoms with Crippen LogP contribution in [-0.2, 0) is 0 Å². The van der Waals surface area contributed by atoms with Crippen molar-refractivity contribution in [1.29, 1.82) is 0 Å². The molecular formula is C54H38N2. The van der Waals surface area contributed by atoms with Crippen LogP contribution in [0.5, 0.6) is 0 Å². The average Bonchev–Trinajstić information content (AvgIpc) is 3.65. The Morgan fingerprint density at radius 1 is 0.304 bits per heavy atom. The van der Waals surface area contributed by atoms with Crippen LogP contribution in [0, 0.1) is 0 Å². The largest absolute Gasteiger partial charge is 0.310 e. The van der Waals surface area contributed by atoms with Crippen LogP contribution >= 0.6 is 0 Å². The van der Waals surface area contributed by atoms with E-state index in [1.165, 1.54) is 0 Å². The molecule has 9 aromatic carbocycles. The lowest BCUT2D eigenvalue weighted by Gasteiger charge is -2.26. The molecule has 10 rings (SSSR count). The smallest absolute Gasteiger partial charge is 0.0645 e. The summed E-state index contributed by atoms with van der Waals surface area (Å²) in [7, 11) is 0. The second-order valence-corrected chi connectivity index (χ2v) is 13.9. The molecule has 0 bridgehead atoms. The van der Waals surface area contributed by atoms with E-state index in [-0.39, 0.29) is 35.4 Å². The zero-order chi connectivity index (χ0) is 40.7. The minimum atomic E-state index is -0.115. The number of rotatable bonds is 8. The molecule has 0 saturated carbocycles. The van der Waals surface area contributed by atoms with Crippen molar-refractivity contribution < 1.29 is 5.48 Å². The van der Waals surface area contributed by atoms with Gasteiger partial charge in [-0.15, -0.1) is 0 Å². The number of benzene rings is 9. The summed E-state index contributed by atoms with van der Waals surface area (Å²) >= 11 is 0. The van der Waals surface area contributed by atoms with E-state index in [4.69, 9.17) is 0 Å². The van der Waals surface area contributed by atoms with Crippen molar-refractivity contribution in [2.24, 2.45) is 0 Å². The normalized spacial score (nSPS) is 12.2. The predicted octanol–water partition coefficient (Wildman–Crippen LogP) is 14.9. The lowest BCUT2D eigenvalue weighted by atomic mass is 9.99. The molecule has 0 fully saturated rings. The van der Waals surface area contributed by atoms with Gasteiger partial charge in [-0.1, -0.05) is 164 Å². The van der Waals surface area contributed by atoms with Gasteiger partial charge in [-0.3, -0.25) is 0 Å². The number of nitrogens with zero attached hydrogens (tertiary/aromatic N) is 2. The van der Waals surface area contributed by atoms with Crippen molar-refractivity contribution in [3.05, 3.63) is 230 Å². The molecule has 2 heteroatoms. The molecule has 2 nitrogen and oxygen atoms in total. The van der Waals surface area contributed by atoms with E-state index in [1.54, 1.807) is 0 Å². The molecule has 264 valence electrons. The topological polar surface area (TPSA) is 8.17 Å². The van der Waals surface area contributed by atoms with E-state index in [0.717, 1.165) is 60.9 Å². The average molecular weight is 719 g/mol. The first-order valence-electron chi connectivity index (χ1n) is 20.9. The third-order valence-electron chi connectivity index (χ3n) is 10.5. The molecular weight excluding hydrogens is 677 g/mol. The number of hydrogen-bond acceptors (Lipinski definition) is 1. The van der Waals surface area contributed by atoms with Gasteiger partial charge in [0.1, 0.15) is 0 Å². The molecule has 0 aliphatic rings. The molecule has 1 heterocycles. The van der Waals surface area contributed by atoms with Gasteiger partial charge in [-0.05, 0) is 111 Å². The maximum Gasteiger partial charge on any atom is 0.0645 e. The minimum absolute atomic E-state index is 0.0891. The van der Waals surface area contributed by atoms with Gasteiger partial charge < -0.3 is 9.47 Å². The fourth-order valence-electron chi connectivity index (χ4n) is 7.70. The Labute approximate surface area is 333 Å². The van der Waals surface area contributed by atoms with Gasteiger partial charge in [0.15, 0.2) is 0 Å². The van der Waals surface area contributed by atoms with Crippen molar-refractivity contribution in [3.63, 3.8) is 0 Å². The molecule has 0 unspecified atom stereocenters. The Hall–Kier alpha value is -7.42. The lowest BCUT2D eigenvalue weighted by molar-refractivity contribution is 1.18. The Morgan fingerprint density at radius 3 is 1.45 bits per heavy atom. The van der Waals surface area contributed by atoms with Gasteiger partial charge in [-0.2, -0.15) is 0 Å². The summed E-state index contributed by atoms with van der Waals surface area (Å²) in [5.41, 5.74) is 12.3. The predicted molar refractivity (Wildman–Crippen MR) is 237 cm³/mol. The Morgan fingerprint density at radius 2 is 0.786 bits per heavy atom. The van der Waals surface area contributed by atoms with Crippen LogP contribution < -0.4 is 4.90 Å². The molecule has 56 heavy (non-hydrogen) atoms. The van der Waals surface area contributed by atoms with Crippen LogP contribution in [0.2, 0.25) is 0 Å². The van der Waals surface area contributed by atoms with Crippen LogP contribution in [0.15, 0.2) is 230 Å². The van der Waals surface area contributed by atoms with E-state index < -0.39 is 0 Å². The summed E-state index contributed by atoms with van der Waals surface area (Å²) in [5.74, 6) is 0. The second-order valence-electron chi connectivity index (χ2n) is 13.9. The third-order valence-corrected chi connectivity index (χ3v) is 10.5. The van der Waals surface area contributed by atoms with E-state index in [2.05, 4.69) is 132 Å². The highest BCUT2D eigenvalue weighted by Crippen LogP contribution is 2.40. The highest BCUT2D eigenvalue weighted by atomic mass is 15.1. The molecule has 0 N–H and O–H groups in total. The van der Waals surface area contributed by atoms with Crippen LogP contribution in [0.4, 0.5) is 17.1 Å². The quantitative estimate of drug-likeness (QED) is 0.152. The van der Waals surface area contributed by atoms with E-state index in [9.17, 15) is 5.48 Å². The Bertz CT molecular complexity index is 3130. The van der Waals surface area contributed by atoms with Crippen molar-refractivity contribution in [1.82, 2.24) is 4.57 Å². The van der Waals surface area contributed by atoms with Gasteiger partial charge in [0.05, 0.1) is 16.5 Å². The fourth-order valence-corrected chi connectivity index (χ4v) is 7.70. The van der Waals surface area contributed by atoms with Crippen LogP contribution in [0.25, 0.3) is 72.0 Å². The van der Waals surface area contributed by atoms with Crippen LogP contribution in [0.1, 0.15) is 5.48 Å². The second kappa shape index (κ2) is 14.4. The van der Waals surface area contributed by atoms with Gasteiger partial charge in [-0.25, -0.2) is 0 Å². The molecule has 0 radical (unpaired) electrons. The SMILES string of the molecule is [2H]c1c([2H])c(N(c2ccc(-c3ccc(-c4ccccc4)cc3)cc2)c2cccc(-c3ccc4c(c3)c3ccccc3n4-c3ccccc3)c2)c([2H])c([2H])c1-c1ccccc1. The highest BCUT2D eigenvalue weighted by molar-refractivity contribution is 6.10. The monoisotopic (exact) mass is 718 g/mol. The van der Waals surface area contributed by atoms with Crippen molar-refractivity contribution in [2.75, 3.05) is 4.90 Å². The summed E-state index contributed by atoms with van der Waals surface area (Å²) < 4.78 is 39.6. The Balaban J connectivity index is 1.10. The van der Waals surface area contributed by atoms with E-state index in [1.807, 2.05) is 83.8 Å². The van der Waals surface area contributed by atoms with Gasteiger partial charge in [0.25, 0.3) is 0 Å². The first-order valence-corrected chi connectivity index (χ1v) is 18.9. The molecule has 0 spiro atoms. The lowest BCUT2D eigenvalue weighted by Crippen LogP contribution is -2.10. The van der Waals surface area contributed by atoms with E-state index in [0.29, 0.717) is 16.9 Å². The molecule has 0 aliphatic carbocycles. The summed E-state index contributed by atoms with van der Waals surface area (Å²) in [6.07, 6.45) is 0. The third kappa shape index (κ3) is 6.24. The van der Waals surface area contributed by atoms with Crippen molar-refractivity contribution >= 4 is 38.9 Å². The number of fused-ring (bicyclic) bond motifs is 3. The summed E-state index contributed by atoms with van der Waals surface area (Å²) in [6.45, 7) is 0. The molecule has 0 saturated heterocycles. The molecule has 0 aliphatic heterocycles. The molecule has 0 atom stereocenters. The number of hydrogen-bond donors (Lipinski definition) is 0. The first kappa shape index (κ1) is 29.0. The fraction of sp³-hybridized carbons (Fsp3) is 0. The van der Waals surface area contributed by atoms with Crippen molar-refractivity contribution in [3.8, 4) is 50.2 Å². The number of aromatic nitrogens is 1. The van der Waals surface area contributed by atoms with E-state index >= 15 is 0 Å². The Kier molecular flexibility index (Phi) is 7.47. The van der Waals surface area contributed by atoms with Gasteiger partial charge in [0, 0.05) is 33.5 Å². The summed E-state index contributed by atoms with van der Waals surface area (Å²) in [6, 6.07) is 69.3. The van der Waals surface area contributed by atoms with Crippen molar-refractivity contribution in [2.45, 2.75) is 0 Å². The molecule has 10 aromatic rings. The first-order chi connectivity index (χ1) is 29.4.